The summed E-state index contributed by atoms with van der Waals surface area (Å²) in [6.07, 6.45) is 4.55. The zero-order valence-corrected chi connectivity index (χ0v) is 17.1. The second-order valence-corrected chi connectivity index (χ2v) is 8.25. The molecule has 0 aliphatic carbocycles. The predicted molar refractivity (Wildman–Crippen MR) is 112 cm³/mol. The van der Waals surface area contributed by atoms with E-state index in [9.17, 15) is 13.6 Å². The average Bonchev–Trinajstić information content (AvgIpc) is 2.70. The van der Waals surface area contributed by atoms with Crippen molar-refractivity contribution >= 4 is 21.4 Å². The Morgan fingerprint density at radius 1 is 1.00 bits per heavy atom. The maximum Gasteiger partial charge on any atom is 0.276 e. The number of rotatable bonds is 10. The van der Waals surface area contributed by atoms with Gasteiger partial charge in [0.25, 0.3) is 10.0 Å². The highest BCUT2D eigenvalue weighted by atomic mass is 32.2. The third-order valence-corrected chi connectivity index (χ3v) is 5.54. The molecule has 0 saturated carbocycles. The Morgan fingerprint density at radius 3 is 2.29 bits per heavy atom. The highest BCUT2D eigenvalue weighted by Crippen LogP contribution is 2.12. The molecule has 0 fully saturated rings. The number of sulfonamides is 1. The van der Waals surface area contributed by atoms with E-state index in [1.807, 2.05) is 25.1 Å². The van der Waals surface area contributed by atoms with Crippen LogP contribution in [0.5, 0.6) is 0 Å². The van der Waals surface area contributed by atoms with E-state index in [2.05, 4.69) is 22.0 Å². The van der Waals surface area contributed by atoms with Crippen LogP contribution in [-0.4, -0.2) is 25.0 Å². The van der Waals surface area contributed by atoms with Crippen LogP contribution in [0.25, 0.3) is 0 Å². The van der Waals surface area contributed by atoms with Crippen LogP contribution in [0.15, 0.2) is 69.7 Å². The molecule has 2 N–H and O–H groups in total. The molecule has 0 aliphatic rings. The van der Waals surface area contributed by atoms with E-state index in [4.69, 9.17) is 0 Å². The minimum Gasteiger partial charge on any atom is -0.411 e. The van der Waals surface area contributed by atoms with E-state index < -0.39 is 10.0 Å². The molecule has 0 amide bonds. The van der Waals surface area contributed by atoms with Crippen molar-refractivity contribution in [3.63, 3.8) is 0 Å². The van der Waals surface area contributed by atoms with E-state index in [0.29, 0.717) is 23.4 Å². The molecule has 2 aromatic rings. The number of benzene rings is 2. The Bertz CT molecular complexity index is 906. The molecule has 0 aliphatic heterocycles. The molecule has 0 spiro atoms. The van der Waals surface area contributed by atoms with Crippen LogP contribution < -0.4 is 4.83 Å². The van der Waals surface area contributed by atoms with Gasteiger partial charge in [-0.2, -0.15) is 18.4 Å². The molecule has 0 bridgehead atoms. The van der Waals surface area contributed by atoms with Crippen molar-refractivity contribution in [3.05, 3.63) is 65.7 Å². The fraction of sp³-hybridized carbons (Fsp3) is 0.333. The van der Waals surface area contributed by atoms with Gasteiger partial charge in [0.05, 0.1) is 4.90 Å². The number of nitrogens with zero attached hydrogens (tertiary/aromatic N) is 2. The van der Waals surface area contributed by atoms with Gasteiger partial charge in [0.15, 0.2) is 0 Å². The van der Waals surface area contributed by atoms with Gasteiger partial charge in [-0.3, -0.25) is 0 Å². The van der Waals surface area contributed by atoms with Crippen LogP contribution >= 0.6 is 0 Å². The van der Waals surface area contributed by atoms with Gasteiger partial charge in [-0.25, -0.2) is 0 Å². The summed E-state index contributed by atoms with van der Waals surface area (Å²) in [5, 5.41) is 17.0. The highest BCUT2D eigenvalue weighted by Gasteiger charge is 2.17. The normalized spacial score (nSPS) is 12.8. The average molecular weight is 402 g/mol. The first-order valence-electron chi connectivity index (χ1n) is 9.41. The summed E-state index contributed by atoms with van der Waals surface area (Å²) in [6.45, 7) is 4.01. The number of hydrogen-bond donors (Lipinski definition) is 2. The summed E-state index contributed by atoms with van der Waals surface area (Å²) in [7, 11) is -3.83. The maximum absolute atomic E-state index is 12.6. The monoisotopic (exact) mass is 401 g/mol. The first-order chi connectivity index (χ1) is 13.5. The Morgan fingerprint density at radius 2 is 1.68 bits per heavy atom. The van der Waals surface area contributed by atoms with Crippen LogP contribution in [0.3, 0.4) is 0 Å². The van der Waals surface area contributed by atoms with Crippen LogP contribution in [0.2, 0.25) is 0 Å². The van der Waals surface area contributed by atoms with Crippen LogP contribution in [-0.2, 0) is 10.0 Å². The Balaban J connectivity index is 2.29. The lowest BCUT2D eigenvalue weighted by Crippen LogP contribution is -2.24. The van der Waals surface area contributed by atoms with Crippen molar-refractivity contribution < 1.29 is 13.6 Å². The van der Waals surface area contributed by atoms with Gasteiger partial charge >= 0.3 is 0 Å². The number of nitrogens with one attached hydrogen (secondary N) is 1. The molecule has 2 rings (SSSR count). The lowest BCUT2D eigenvalue weighted by Gasteiger charge is -2.10. The van der Waals surface area contributed by atoms with Gasteiger partial charge in [0.2, 0.25) is 0 Å². The molecular formula is C21H27N3O3S. The van der Waals surface area contributed by atoms with Gasteiger partial charge in [0.1, 0.15) is 11.4 Å². The summed E-state index contributed by atoms with van der Waals surface area (Å²) in [5.41, 5.74) is 2.32. The molecule has 0 aromatic heterocycles. The van der Waals surface area contributed by atoms with Gasteiger partial charge in [-0.05, 0) is 31.9 Å². The minimum absolute atomic E-state index is 0.125. The molecule has 0 atom stereocenters. The lowest BCUT2D eigenvalue weighted by molar-refractivity contribution is 0.318. The van der Waals surface area contributed by atoms with Crippen LogP contribution in [0.1, 0.15) is 50.2 Å². The van der Waals surface area contributed by atoms with E-state index in [-0.39, 0.29) is 4.90 Å². The van der Waals surface area contributed by atoms with Crippen molar-refractivity contribution in [3.8, 4) is 0 Å². The zero-order chi connectivity index (χ0) is 20.4. The number of hydrazone groups is 1. The van der Waals surface area contributed by atoms with Gasteiger partial charge in [-0.1, -0.05) is 79.4 Å². The van der Waals surface area contributed by atoms with Crippen molar-refractivity contribution in [2.45, 2.75) is 50.8 Å². The zero-order valence-electron chi connectivity index (χ0n) is 16.3. The third kappa shape index (κ3) is 6.20. The first-order valence-corrected chi connectivity index (χ1v) is 10.9. The van der Waals surface area contributed by atoms with Crippen molar-refractivity contribution in [2.75, 3.05) is 0 Å². The molecule has 0 radical (unpaired) electrons. The third-order valence-electron chi connectivity index (χ3n) is 4.32. The summed E-state index contributed by atoms with van der Waals surface area (Å²) < 4.78 is 25.1. The van der Waals surface area contributed by atoms with E-state index in [0.717, 1.165) is 31.2 Å². The first kappa shape index (κ1) is 21.6. The number of hydrogen-bond acceptors (Lipinski definition) is 5. The maximum atomic E-state index is 12.6. The van der Waals surface area contributed by atoms with Gasteiger partial charge in [-0.15, -0.1) is 0 Å². The molecule has 28 heavy (non-hydrogen) atoms. The minimum atomic E-state index is -3.83. The second-order valence-electron chi connectivity index (χ2n) is 6.59. The summed E-state index contributed by atoms with van der Waals surface area (Å²) in [4.78, 5) is 2.40. The van der Waals surface area contributed by atoms with E-state index in [1.54, 1.807) is 24.3 Å². The predicted octanol–water partition coefficient (Wildman–Crippen LogP) is 4.48. The second kappa shape index (κ2) is 10.6. The topological polar surface area (TPSA) is 91.1 Å². The van der Waals surface area contributed by atoms with Crippen molar-refractivity contribution in [1.29, 1.82) is 0 Å². The fourth-order valence-corrected chi connectivity index (χ4v) is 3.51. The molecule has 6 nitrogen and oxygen atoms in total. The largest absolute Gasteiger partial charge is 0.411 e. The molecule has 7 heteroatoms. The summed E-state index contributed by atoms with van der Waals surface area (Å²) in [5.74, 6) is 0. The lowest BCUT2D eigenvalue weighted by atomic mass is 10.0. The summed E-state index contributed by atoms with van der Waals surface area (Å²) in [6, 6.07) is 15.6. The van der Waals surface area contributed by atoms with Crippen molar-refractivity contribution in [1.82, 2.24) is 4.83 Å². The van der Waals surface area contributed by atoms with Crippen LogP contribution in [0, 0.1) is 6.92 Å². The van der Waals surface area contributed by atoms with Gasteiger partial charge < -0.3 is 5.21 Å². The molecule has 0 unspecified atom stereocenters. The molecular weight excluding hydrogens is 374 g/mol. The van der Waals surface area contributed by atoms with Crippen LogP contribution in [0.4, 0.5) is 0 Å². The quantitative estimate of drug-likeness (QED) is 0.266. The number of oxime groups is 1. The fourth-order valence-electron chi connectivity index (χ4n) is 2.70. The van der Waals surface area contributed by atoms with E-state index >= 15 is 0 Å². The van der Waals surface area contributed by atoms with Crippen molar-refractivity contribution in [2.24, 2.45) is 10.3 Å². The number of aryl methyl sites for hydroxylation is 1. The number of unbranched alkanes of at least 4 members (excludes halogenated alkanes) is 3. The molecule has 150 valence electrons. The Labute approximate surface area is 167 Å². The smallest absolute Gasteiger partial charge is 0.276 e. The van der Waals surface area contributed by atoms with E-state index in [1.165, 1.54) is 12.1 Å². The Hall–Kier alpha value is -2.67. The summed E-state index contributed by atoms with van der Waals surface area (Å²) >= 11 is 0. The molecule has 2 aromatic carbocycles. The standard InChI is InChI=1S/C21H27N3O3S/c1-3-4-5-9-12-20(23-25)21(18-10-7-6-8-11-18)22-24-28(26,27)19-15-13-17(2)14-16-19/h6-8,10-11,13-16,24-25H,3-5,9,12H2,1-2H3/b22-21+,23-20-. The Kier molecular flexibility index (Phi) is 8.19. The highest BCUT2D eigenvalue weighted by molar-refractivity contribution is 7.89. The SMILES string of the molecule is CCCCCCC(=N/O)/C(=N/NS(=O)(=O)c1ccc(C)cc1)c1ccccc1. The molecule has 0 heterocycles. The van der Waals surface area contributed by atoms with Gasteiger partial charge in [0, 0.05) is 5.56 Å². The molecule has 0 saturated heterocycles.